The number of ether oxygens (including phenoxy) is 2. The van der Waals surface area contributed by atoms with Crippen LogP contribution in [0.25, 0.3) is 0 Å². The van der Waals surface area contributed by atoms with Crippen molar-refractivity contribution in [1.29, 1.82) is 0 Å². The highest BCUT2D eigenvalue weighted by atomic mass is 35.5. The molecule has 33 heavy (non-hydrogen) atoms. The molecule has 12 heteroatoms. The molecule has 0 amide bonds. The molecule has 0 saturated carbocycles. The van der Waals surface area contributed by atoms with Gasteiger partial charge >= 0.3 is 16.2 Å². The second kappa shape index (κ2) is 9.61. The van der Waals surface area contributed by atoms with Crippen molar-refractivity contribution in [2.45, 2.75) is 12.6 Å². The van der Waals surface area contributed by atoms with Crippen molar-refractivity contribution in [3.8, 4) is 0 Å². The van der Waals surface area contributed by atoms with Gasteiger partial charge in [0, 0.05) is 31.4 Å². The third-order valence-electron chi connectivity index (χ3n) is 6.15. The molecule has 3 heterocycles. The molecule has 1 aromatic carbocycles. The maximum Gasteiger partial charge on any atom is 0.375 e. The summed E-state index contributed by atoms with van der Waals surface area (Å²) in [6.45, 7) is 2.82. The fourth-order valence-corrected chi connectivity index (χ4v) is 5.82. The summed E-state index contributed by atoms with van der Waals surface area (Å²) in [5.74, 6) is -1.13. The summed E-state index contributed by atoms with van der Waals surface area (Å²) in [6, 6.07) is 7.39. The van der Waals surface area contributed by atoms with Gasteiger partial charge in [-0.1, -0.05) is 11.6 Å². The number of benzene rings is 1. The second-order valence-corrected chi connectivity index (χ2v) is 10.3. The Labute approximate surface area is 196 Å². The molecule has 2 aromatic rings. The average Bonchev–Trinajstić information content (AvgIpc) is 2.79. The van der Waals surface area contributed by atoms with Crippen LogP contribution in [0.4, 0.5) is 10.1 Å². The summed E-state index contributed by atoms with van der Waals surface area (Å²) in [6.07, 6.45) is 1.33. The molecule has 0 bridgehead atoms. The van der Waals surface area contributed by atoms with Crippen molar-refractivity contribution in [2.24, 2.45) is 0 Å². The average molecular weight is 500 g/mol. The van der Waals surface area contributed by atoms with Gasteiger partial charge in [0.25, 0.3) is 0 Å². The number of hydrogen-bond acceptors (Lipinski definition) is 7. The Balaban J connectivity index is 1.57. The first-order valence-electron chi connectivity index (χ1n) is 10.4. The number of nitrogens with one attached hydrogen (secondary N) is 1. The minimum atomic E-state index is -3.98. The van der Waals surface area contributed by atoms with Crippen LogP contribution in [0.5, 0.6) is 0 Å². The number of esters is 1. The first-order valence-corrected chi connectivity index (χ1v) is 12.2. The molecule has 1 aromatic heterocycles. The van der Waals surface area contributed by atoms with Gasteiger partial charge in [-0.3, -0.25) is 9.88 Å². The number of piperazine rings is 1. The zero-order chi connectivity index (χ0) is 23.6. The summed E-state index contributed by atoms with van der Waals surface area (Å²) < 4.78 is 53.2. The maximum absolute atomic E-state index is 13.8. The zero-order valence-corrected chi connectivity index (χ0v) is 19.6. The van der Waals surface area contributed by atoms with Crippen molar-refractivity contribution in [1.82, 2.24) is 18.5 Å². The van der Waals surface area contributed by atoms with Gasteiger partial charge in [0.2, 0.25) is 0 Å². The molecule has 178 valence electrons. The molecule has 0 aliphatic carbocycles. The van der Waals surface area contributed by atoms with E-state index in [1.165, 1.54) is 37.6 Å². The third-order valence-corrected chi connectivity index (χ3v) is 8.44. The first-order chi connectivity index (χ1) is 15.8. The Kier molecular flexibility index (Phi) is 6.99. The standard InChI is InChI=1S/C21H25ClFN4O5S/c1-31-21(28)15-2-3-16(24-11-15)12-25-33(29,30)27(18-4-5-20(23)19(22)10-18)8-6-26(7-9-27)17-13-32-14-17/h2-5,10-11,17,25H,6-9,12-14H2,1H3/q+1. The van der Waals surface area contributed by atoms with Gasteiger partial charge < -0.3 is 9.47 Å². The van der Waals surface area contributed by atoms with E-state index in [2.05, 4.69) is 19.3 Å². The Morgan fingerprint density at radius 3 is 2.58 bits per heavy atom. The number of rotatable bonds is 7. The van der Waals surface area contributed by atoms with E-state index < -0.39 is 25.9 Å². The molecule has 0 atom stereocenters. The monoisotopic (exact) mass is 499 g/mol. The van der Waals surface area contributed by atoms with Crippen LogP contribution >= 0.6 is 11.6 Å². The van der Waals surface area contributed by atoms with Crippen molar-refractivity contribution in [3.63, 3.8) is 0 Å². The van der Waals surface area contributed by atoms with Crippen LogP contribution < -0.4 is 8.61 Å². The van der Waals surface area contributed by atoms with Gasteiger partial charge in [-0.05, 0) is 18.2 Å². The number of carbonyl (C=O) groups is 1. The molecule has 2 aliphatic rings. The Hall–Kier alpha value is -2.15. The van der Waals surface area contributed by atoms with Crippen LogP contribution in [0.1, 0.15) is 16.1 Å². The Morgan fingerprint density at radius 1 is 1.30 bits per heavy atom. The van der Waals surface area contributed by atoms with E-state index in [-0.39, 0.29) is 36.3 Å². The lowest BCUT2D eigenvalue weighted by Gasteiger charge is -2.46. The van der Waals surface area contributed by atoms with Gasteiger partial charge in [-0.25, -0.2) is 9.18 Å². The predicted molar refractivity (Wildman–Crippen MR) is 120 cm³/mol. The Bertz CT molecular complexity index is 1120. The van der Waals surface area contributed by atoms with Crippen LogP contribution in [0.15, 0.2) is 36.5 Å². The first kappa shape index (κ1) is 24.0. The highest BCUT2D eigenvalue weighted by molar-refractivity contribution is 7.89. The topological polar surface area (TPSA) is 97.8 Å². The van der Waals surface area contributed by atoms with E-state index in [4.69, 9.17) is 16.3 Å². The normalized spacial score (nSPS) is 19.1. The number of halogens is 2. The summed E-state index contributed by atoms with van der Waals surface area (Å²) in [7, 11) is -2.71. The number of carbonyl (C=O) groups excluding carboxylic acids is 1. The van der Waals surface area contributed by atoms with Crippen molar-refractivity contribution < 1.29 is 27.1 Å². The molecule has 9 nitrogen and oxygen atoms in total. The molecule has 2 saturated heterocycles. The van der Waals surface area contributed by atoms with Crippen molar-refractivity contribution >= 4 is 33.5 Å². The molecule has 2 aliphatic heterocycles. The lowest BCUT2D eigenvalue weighted by Crippen LogP contribution is -2.68. The van der Waals surface area contributed by atoms with Gasteiger partial charge in [-0.2, -0.15) is 17.0 Å². The lowest BCUT2D eigenvalue weighted by molar-refractivity contribution is -0.0718. The Morgan fingerprint density at radius 2 is 2.03 bits per heavy atom. The smallest absolute Gasteiger partial charge is 0.375 e. The molecule has 0 spiro atoms. The highest BCUT2D eigenvalue weighted by Gasteiger charge is 2.48. The fraction of sp³-hybridized carbons (Fsp3) is 0.429. The number of nitrogens with zero attached hydrogens (tertiary/aromatic N) is 3. The zero-order valence-electron chi connectivity index (χ0n) is 18.0. The van der Waals surface area contributed by atoms with Crippen molar-refractivity contribution in [2.75, 3.05) is 46.5 Å². The molecule has 0 radical (unpaired) electrons. The maximum atomic E-state index is 13.8. The quantitative estimate of drug-likeness (QED) is 0.457. The van der Waals surface area contributed by atoms with Crippen molar-refractivity contribution in [3.05, 3.63) is 58.6 Å². The van der Waals surface area contributed by atoms with E-state index in [1.54, 1.807) is 6.07 Å². The number of pyridine rings is 1. The summed E-state index contributed by atoms with van der Waals surface area (Å²) in [4.78, 5) is 17.9. The van der Waals surface area contributed by atoms with E-state index in [0.29, 0.717) is 37.7 Å². The number of quaternary nitrogens is 1. The fourth-order valence-electron chi connectivity index (χ4n) is 4.04. The molecular formula is C21H25ClFN4O5S+. The number of methoxy groups -OCH3 is 1. The molecule has 0 unspecified atom stereocenters. The summed E-state index contributed by atoms with van der Waals surface area (Å²) >= 11 is 6.01. The van der Waals surface area contributed by atoms with Crippen LogP contribution in [0, 0.1) is 5.82 Å². The highest BCUT2D eigenvalue weighted by Crippen LogP contribution is 2.33. The SMILES string of the molecule is COC(=O)c1ccc(CNS(=O)(=O)[N+]2(c3ccc(F)c(Cl)c3)CCN(C3COC3)CC2)nc1. The van der Waals surface area contributed by atoms with Gasteiger partial charge in [0.05, 0.1) is 49.2 Å². The minimum Gasteiger partial charge on any atom is -0.465 e. The number of hydrogen-bond donors (Lipinski definition) is 1. The second-order valence-electron chi connectivity index (χ2n) is 7.99. The third kappa shape index (κ3) is 4.75. The molecule has 2 fully saturated rings. The molecular weight excluding hydrogens is 475 g/mol. The van der Waals surface area contributed by atoms with E-state index in [0.717, 1.165) is 0 Å². The van der Waals surface area contributed by atoms with E-state index in [9.17, 15) is 17.6 Å². The van der Waals surface area contributed by atoms with Crippen LogP contribution in [-0.4, -0.2) is 76.8 Å². The number of aromatic nitrogens is 1. The largest absolute Gasteiger partial charge is 0.465 e. The molecule has 4 rings (SSSR count). The minimum absolute atomic E-state index is 0.0705. The molecule has 1 N–H and O–H groups in total. The predicted octanol–water partition coefficient (Wildman–Crippen LogP) is 1.72. The summed E-state index contributed by atoms with van der Waals surface area (Å²) in [5, 5.41) is -0.130. The van der Waals surface area contributed by atoms with Gasteiger partial charge in [-0.15, -0.1) is 0 Å². The summed E-state index contributed by atoms with van der Waals surface area (Å²) in [5.41, 5.74) is 1.10. The van der Waals surface area contributed by atoms with E-state index in [1.807, 2.05) is 0 Å². The van der Waals surface area contributed by atoms with Crippen LogP contribution in [0.2, 0.25) is 5.02 Å². The van der Waals surface area contributed by atoms with Crippen LogP contribution in [0.3, 0.4) is 0 Å². The van der Waals surface area contributed by atoms with Gasteiger partial charge in [0.15, 0.2) is 5.69 Å². The van der Waals surface area contributed by atoms with Gasteiger partial charge in [0.1, 0.15) is 18.9 Å². The van der Waals surface area contributed by atoms with E-state index >= 15 is 0 Å². The van der Waals surface area contributed by atoms with Crippen LogP contribution in [-0.2, 0) is 26.2 Å². The lowest BCUT2D eigenvalue weighted by atomic mass is 10.1.